The van der Waals surface area contributed by atoms with Crippen molar-refractivity contribution >= 4 is 12.2 Å². The Morgan fingerprint density at radius 1 is 0.850 bits per heavy atom. The molecule has 104 valence electrons. The Balaban J connectivity index is 2.31. The van der Waals surface area contributed by atoms with Crippen LogP contribution in [0.3, 0.4) is 0 Å². The lowest BCUT2D eigenvalue weighted by atomic mass is 10.0. The van der Waals surface area contributed by atoms with Crippen LogP contribution in [0.25, 0.3) is 12.2 Å². The molecule has 0 unspecified atom stereocenters. The lowest BCUT2D eigenvalue weighted by molar-refractivity contribution is 0.339. The zero-order valence-electron chi connectivity index (χ0n) is 12.7. The largest absolute Gasteiger partial charge is 0.493 e. The lowest BCUT2D eigenvalue weighted by Gasteiger charge is -2.08. The highest BCUT2D eigenvalue weighted by molar-refractivity contribution is 5.74. The quantitative estimate of drug-likeness (QED) is 0.693. The minimum Gasteiger partial charge on any atom is -0.493 e. The first-order valence-electron chi connectivity index (χ1n) is 7.09. The molecule has 0 atom stereocenters. The lowest BCUT2D eigenvalue weighted by Crippen LogP contribution is -1.94. The first kappa shape index (κ1) is 14.4. The summed E-state index contributed by atoms with van der Waals surface area (Å²) in [5.74, 6) is 0.952. The van der Waals surface area contributed by atoms with E-state index >= 15 is 0 Å². The highest BCUT2D eigenvalue weighted by atomic mass is 16.5. The molecule has 1 heteroatoms. The van der Waals surface area contributed by atoms with E-state index in [1.807, 2.05) is 6.92 Å². The molecule has 0 aromatic heterocycles. The van der Waals surface area contributed by atoms with E-state index in [1.54, 1.807) is 0 Å². The summed E-state index contributed by atoms with van der Waals surface area (Å²) >= 11 is 0. The van der Waals surface area contributed by atoms with Gasteiger partial charge < -0.3 is 4.74 Å². The summed E-state index contributed by atoms with van der Waals surface area (Å²) in [7, 11) is 0. The van der Waals surface area contributed by atoms with Gasteiger partial charge in [0.2, 0.25) is 0 Å². The van der Waals surface area contributed by atoms with Crippen molar-refractivity contribution in [1.29, 1.82) is 0 Å². The van der Waals surface area contributed by atoms with Crippen molar-refractivity contribution in [3.63, 3.8) is 0 Å². The van der Waals surface area contributed by atoms with Gasteiger partial charge in [-0.05, 0) is 50.5 Å². The normalized spacial score (nSPS) is 11.0. The maximum absolute atomic E-state index is 5.70. The molecular formula is C19H22O. The number of aryl methyl sites for hydroxylation is 3. The van der Waals surface area contributed by atoms with E-state index in [-0.39, 0.29) is 0 Å². The molecule has 1 nitrogen and oxygen atoms in total. The molecule has 0 aliphatic rings. The molecule has 0 heterocycles. The van der Waals surface area contributed by atoms with E-state index in [0.29, 0.717) is 6.61 Å². The minimum absolute atomic E-state index is 0.688. The van der Waals surface area contributed by atoms with Crippen LogP contribution in [0.1, 0.15) is 34.7 Å². The Morgan fingerprint density at radius 3 is 2.10 bits per heavy atom. The third-order valence-electron chi connectivity index (χ3n) is 3.34. The molecule has 2 aromatic carbocycles. The molecule has 2 rings (SSSR count). The van der Waals surface area contributed by atoms with Gasteiger partial charge in [-0.15, -0.1) is 0 Å². The van der Waals surface area contributed by atoms with E-state index in [4.69, 9.17) is 4.74 Å². The highest BCUT2D eigenvalue weighted by Gasteiger charge is 2.01. The van der Waals surface area contributed by atoms with Crippen molar-refractivity contribution in [2.45, 2.75) is 27.7 Å². The Bertz CT molecular complexity index is 624. The number of rotatable bonds is 4. The van der Waals surface area contributed by atoms with Gasteiger partial charge in [-0.25, -0.2) is 0 Å². The summed E-state index contributed by atoms with van der Waals surface area (Å²) in [5.41, 5.74) is 6.18. The monoisotopic (exact) mass is 266 g/mol. The van der Waals surface area contributed by atoms with Crippen LogP contribution in [-0.4, -0.2) is 6.61 Å². The molecule has 0 amide bonds. The SMILES string of the molecule is CCOc1cc(C)ccc1/C=C/c1ccc(C)cc1C. The van der Waals surface area contributed by atoms with E-state index < -0.39 is 0 Å². The van der Waals surface area contributed by atoms with Gasteiger partial charge in [-0.3, -0.25) is 0 Å². The van der Waals surface area contributed by atoms with E-state index in [1.165, 1.54) is 22.3 Å². The van der Waals surface area contributed by atoms with E-state index in [2.05, 4.69) is 69.3 Å². The van der Waals surface area contributed by atoms with Crippen molar-refractivity contribution in [3.05, 3.63) is 64.2 Å². The summed E-state index contributed by atoms with van der Waals surface area (Å²) in [5, 5.41) is 0. The Hall–Kier alpha value is -2.02. The topological polar surface area (TPSA) is 9.23 Å². The Kier molecular flexibility index (Phi) is 4.62. The van der Waals surface area contributed by atoms with Crippen molar-refractivity contribution in [1.82, 2.24) is 0 Å². The molecule has 0 N–H and O–H groups in total. The van der Waals surface area contributed by atoms with Crippen LogP contribution in [0.4, 0.5) is 0 Å². The van der Waals surface area contributed by atoms with Crippen molar-refractivity contribution in [2.75, 3.05) is 6.61 Å². The number of hydrogen-bond acceptors (Lipinski definition) is 1. The van der Waals surface area contributed by atoms with E-state index in [9.17, 15) is 0 Å². The summed E-state index contributed by atoms with van der Waals surface area (Å²) < 4.78 is 5.70. The fraction of sp³-hybridized carbons (Fsp3) is 0.263. The third-order valence-corrected chi connectivity index (χ3v) is 3.34. The van der Waals surface area contributed by atoms with Crippen LogP contribution >= 0.6 is 0 Å². The second kappa shape index (κ2) is 6.42. The third kappa shape index (κ3) is 3.51. The molecule has 0 spiro atoms. The van der Waals surface area contributed by atoms with Crippen LogP contribution in [0.2, 0.25) is 0 Å². The zero-order valence-corrected chi connectivity index (χ0v) is 12.7. The first-order valence-corrected chi connectivity index (χ1v) is 7.09. The van der Waals surface area contributed by atoms with E-state index in [0.717, 1.165) is 11.3 Å². The second-order valence-electron chi connectivity index (χ2n) is 5.17. The van der Waals surface area contributed by atoms with Gasteiger partial charge in [-0.2, -0.15) is 0 Å². The maximum Gasteiger partial charge on any atom is 0.126 e. The van der Waals surface area contributed by atoms with Crippen LogP contribution in [0.5, 0.6) is 5.75 Å². The highest BCUT2D eigenvalue weighted by Crippen LogP contribution is 2.23. The van der Waals surface area contributed by atoms with Crippen LogP contribution in [0, 0.1) is 20.8 Å². The van der Waals surface area contributed by atoms with Crippen molar-refractivity contribution < 1.29 is 4.74 Å². The molecule has 0 fully saturated rings. The number of ether oxygens (including phenoxy) is 1. The average molecular weight is 266 g/mol. The van der Waals surface area contributed by atoms with Gasteiger partial charge in [0.25, 0.3) is 0 Å². The second-order valence-corrected chi connectivity index (χ2v) is 5.17. The molecule has 2 aromatic rings. The predicted octanol–water partition coefficient (Wildman–Crippen LogP) is 5.18. The average Bonchev–Trinajstić information content (AvgIpc) is 2.40. The van der Waals surface area contributed by atoms with Gasteiger partial charge in [0.05, 0.1) is 6.61 Å². The summed E-state index contributed by atoms with van der Waals surface area (Å²) in [6.45, 7) is 9.05. The van der Waals surface area contributed by atoms with Crippen molar-refractivity contribution in [3.8, 4) is 5.75 Å². The molecule has 0 saturated carbocycles. The van der Waals surface area contributed by atoms with Gasteiger partial charge in [0.1, 0.15) is 5.75 Å². The molecule has 20 heavy (non-hydrogen) atoms. The predicted molar refractivity (Wildman–Crippen MR) is 87.2 cm³/mol. The molecular weight excluding hydrogens is 244 g/mol. The summed E-state index contributed by atoms with van der Waals surface area (Å²) in [4.78, 5) is 0. The molecule has 0 aliphatic heterocycles. The first-order chi connectivity index (χ1) is 9.60. The summed E-state index contributed by atoms with van der Waals surface area (Å²) in [6, 6.07) is 12.8. The summed E-state index contributed by atoms with van der Waals surface area (Å²) in [6.07, 6.45) is 4.28. The van der Waals surface area contributed by atoms with Crippen LogP contribution in [-0.2, 0) is 0 Å². The zero-order chi connectivity index (χ0) is 14.5. The van der Waals surface area contributed by atoms with Gasteiger partial charge in [0, 0.05) is 5.56 Å². The molecule has 0 bridgehead atoms. The van der Waals surface area contributed by atoms with Gasteiger partial charge in [0.15, 0.2) is 0 Å². The number of benzene rings is 2. The van der Waals surface area contributed by atoms with Crippen LogP contribution < -0.4 is 4.74 Å². The van der Waals surface area contributed by atoms with Gasteiger partial charge in [-0.1, -0.05) is 48.0 Å². The maximum atomic E-state index is 5.70. The van der Waals surface area contributed by atoms with Crippen molar-refractivity contribution in [2.24, 2.45) is 0 Å². The Morgan fingerprint density at radius 2 is 1.45 bits per heavy atom. The van der Waals surface area contributed by atoms with Gasteiger partial charge >= 0.3 is 0 Å². The molecule has 0 saturated heterocycles. The smallest absolute Gasteiger partial charge is 0.126 e. The Labute approximate surface area is 121 Å². The van der Waals surface area contributed by atoms with Crippen LogP contribution in [0.15, 0.2) is 36.4 Å². The molecule has 0 aliphatic carbocycles. The fourth-order valence-electron chi connectivity index (χ4n) is 2.25. The molecule has 0 radical (unpaired) electrons. The fourth-order valence-corrected chi connectivity index (χ4v) is 2.25. The standard InChI is InChI=1S/C19H22O/c1-5-20-19-13-15(3)7-9-18(19)11-10-17-8-6-14(2)12-16(17)4/h6-13H,5H2,1-4H3/b11-10+. The minimum atomic E-state index is 0.688. The number of hydrogen-bond donors (Lipinski definition) is 0.